The van der Waals surface area contributed by atoms with Gasteiger partial charge in [-0.15, -0.1) is 5.92 Å². The molecule has 0 aliphatic carbocycles. The van der Waals surface area contributed by atoms with Gasteiger partial charge >= 0.3 is 5.97 Å². The quantitative estimate of drug-likeness (QED) is 0.288. The lowest BCUT2D eigenvalue weighted by Crippen LogP contribution is -2.12. The molecule has 0 N–H and O–H groups in total. The molecule has 0 aliphatic heterocycles. The van der Waals surface area contributed by atoms with Crippen molar-refractivity contribution >= 4 is 16.9 Å². The monoisotopic (exact) mass is 445 g/mol. The SMILES string of the molecule is CC#Cc1ccc(C(=O)OC)c2c1cnn2C(C)c1ccc(-c2ccnc(C(F)F)c2)cc1. The van der Waals surface area contributed by atoms with E-state index in [-0.39, 0.29) is 11.7 Å². The Morgan fingerprint density at radius 2 is 1.85 bits per heavy atom. The molecule has 5 nitrogen and oxygen atoms in total. The second-order valence-electron chi connectivity index (χ2n) is 7.45. The van der Waals surface area contributed by atoms with Gasteiger partial charge in [-0.2, -0.15) is 5.10 Å². The third-order valence-corrected chi connectivity index (χ3v) is 5.52. The highest BCUT2D eigenvalue weighted by atomic mass is 19.3. The first-order valence-electron chi connectivity index (χ1n) is 10.3. The van der Waals surface area contributed by atoms with Crippen molar-refractivity contribution in [3.05, 3.63) is 83.3 Å². The predicted molar refractivity (Wildman–Crippen MR) is 122 cm³/mol. The Kier molecular flexibility index (Phi) is 6.18. The second-order valence-corrected chi connectivity index (χ2v) is 7.45. The van der Waals surface area contributed by atoms with Crippen molar-refractivity contribution in [1.82, 2.24) is 14.8 Å². The van der Waals surface area contributed by atoms with Crippen LogP contribution in [0.3, 0.4) is 0 Å². The molecule has 0 radical (unpaired) electrons. The van der Waals surface area contributed by atoms with Gasteiger partial charge in [0.15, 0.2) is 0 Å². The smallest absolute Gasteiger partial charge is 0.340 e. The zero-order valence-electron chi connectivity index (χ0n) is 18.3. The number of alkyl halides is 2. The van der Waals surface area contributed by atoms with Crippen LogP contribution >= 0.6 is 0 Å². The van der Waals surface area contributed by atoms with Crippen LogP contribution < -0.4 is 0 Å². The number of ether oxygens (including phenoxy) is 1. The van der Waals surface area contributed by atoms with Crippen molar-refractivity contribution in [1.29, 1.82) is 0 Å². The fraction of sp³-hybridized carbons (Fsp3) is 0.192. The van der Waals surface area contributed by atoms with Crippen LogP contribution in [0.25, 0.3) is 22.0 Å². The Labute approximate surface area is 190 Å². The molecule has 2 aromatic heterocycles. The lowest BCUT2D eigenvalue weighted by atomic mass is 10.0. The minimum atomic E-state index is -2.62. The lowest BCUT2D eigenvalue weighted by molar-refractivity contribution is 0.0602. The molecule has 33 heavy (non-hydrogen) atoms. The number of pyridine rings is 1. The van der Waals surface area contributed by atoms with Crippen LogP contribution in [0.5, 0.6) is 0 Å². The fourth-order valence-corrected chi connectivity index (χ4v) is 3.82. The van der Waals surface area contributed by atoms with Gasteiger partial charge in [0, 0.05) is 17.1 Å². The maximum atomic E-state index is 13.0. The number of halogens is 2. The molecule has 0 saturated heterocycles. The summed E-state index contributed by atoms with van der Waals surface area (Å²) in [7, 11) is 1.34. The highest BCUT2D eigenvalue weighted by Gasteiger charge is 2.21. The third kappa shape index (κ3) is 4.20. The number of hydrogen-bond donors (Lipinski definition) is 0. The van der Waals surface area contributed by atoms with Gasteiger partial charge in [-0.05, 0) is 54.8 Å². The molecule has 1 atom stereocenters. The fourth-order valence-electron chi connectivity index (χ4n) is 3.82. The molecular weight excluding hydrogens is 424 g/mol. The van der Waals surface area contributed by atoms with Crippen LogP contribution in [0, 0.1) is 11.8 Å². The van der Waals surface area contributed by atoms with E-state index in [9.17, 15) is 13.6 Å². The van der Waals surface area contributed by atoms with E-state index in [0.717, 1.165) is 22.1 Å². The molecule has 2 heterocycles. The third-order valence-electron chi connectivity index (χ3n) is 5.52. The van der Waals surface area contributed by atoms with Crippen LogP contribution in [0.4, 0.5) is 8.78 Å². The Hall–Kier alpha value is -4.05. The molecule has 0 saturated carbocycles. The zero-order valence-corrected chi connectivity index (χ0v) is 18.3. The van der Waals surface area contributed by atoms with Crippen LogP contribution in [0.2, 0.25) is 0 Å². The molecule has 0 aliphatic rings. The molecule has 7 heteroatoms. The molecule has 0 fully saturated rings. The number of nitrogens with zero attached hydrogens (tertiary/aromatic N) is 3. The van der Waals surface area contributed by atoms with Crippen molar-refractivity contribution in [3.8, 4) is 23.0 Å². The van der Waals surface area contributed by atoms with Gasteiger partial charge in [0.25, 0.3) is 6.43 Å². The van der Waals surface area contributed by atoms with Crippen molar-refractivity contribution in [2.75, 3.05) is 7.11 Å². The molecule has 4 rings (SSSR count). The first kappa shape index (κ1) is 22.2. The molecule has 0 amide bonds. The molecule has 0 spiro atoms. The number of esters is 1. The lowest BCUT2D eigenvalue weighted by Gasteiger charge is -2.16. The normalized spacial score (nSPS) is 11.8. The number of carbonyl (C=O) groups excluding carboxylic acids is 1. The first-order valence-corrected chi connectivity index (χ1v) is 10.3. The van der Waals surface area contributed by atoms with Crippen LogP contribution in [0.1, 0.15) is 53.5 Å². The maximum absolute atomic E-state index is 13.0. The van der Waals surface area contributed by atoms with Crippen molar-refractivity contribution in [2.24, 2.45) is 0 Å². The Morgan fingerprint density at radius 1 is 1.09 bits per heavy atom. The summed E-state index contributed by atoms with van der Waals surface area (Å²) in [6.45, 7) is 3.73. The Balaban J connectivity index is 1.75. The number of hydrogen-bond acceptors (Lipinski definition) is 4. The average Bonchev–Trinajstić information content (AvgIpc) is 3.29. The van der Waals surface area contributed by atoms with E-state index in [4.69, 9.17) is 4.74 Å². The van der Waals surface area contributed by atoms with Crippen LogP contribution in [-0.2, 0) is 4.74 Å². The summed E-state index contributed by atoms with van der Waals surface area (Å²) in [6.07, 6.45) is 0.465. The summed E-state index contributed by atoms with van der Waals surface area (Å²) in [5.74, 6) is 5.49. The van der Waals surface area contributed by atoms with E-state index in [1.807, 2.05) is 31.2 Å². The van der Waals surface area contributed by atoms with E-state index in [2.05, 4.69) is 21.9 Å². The standard InChI is InChI=1S/C26H21F2N3O2/c1-4-5-19-10-11-21(26(32)33-3)24-22(19)15-30-31(24)16(2)17-6-8-18(9-7-17)20-12-13-29-23(14-20)25(27)28/h6-16,25H,1-3H3. The van der Waals surface area contributed by atoms with Gasteiger partial charge in [-0.1, -0.05) is 30.2 Å². The molecule has 1 unspecified atom stereocenters. The minimum absolute atomic E-state index is 0.209. The highest BCUT2D eigenvalue weighted by molar-refractivity contribution is 6.04. The summed E-state index contributed by atoms with van der Waals surface area (Å²) < 4.78 is 32.7. The number of fused-ring (bicyclic) bond motifs is 1. The van der Waals surface area contributed by atoms with Crippen LogP contribution in [-0.4, -0.2) is 27.8 Å². The van der Waals surface area contributed by atoms with Gasteiger partial charge in [0.1, 0.15) is 5.69 Å². The van der Waals surface area contributed by atoms with Gasteiger partial charge in [0.05, 0.1) is 30.4 Å². The van der Waals surface area contributed by atoms with E-state index >= 15 is 0 Å². The highest BCUT2D eigenvalue weighted by Crippen LogP contribution is 2.30. The van der Waals surface area contributed by atoms with Crippen LogP contribution in [0.15, 0.2) is 60.9 Å². The van der Waals surface area contributed by atoms with E-state index in [1.54, 1.807) is 36.0 Å². The maximum Gasteiger partial charge on any atom is 0.340 e. The molecule has 166 valence electrons. The van der Waals surface area contributed by atoms with Gasteiger partial charge in [-0.25, -0.2) is 13.6 Å². The summed E-state index contributed by atoms with van der Waals surface area (Å²) in [5, 5.41) is 5.32. The van der Waals surface area contributed by atoms with E-state index < -0.39 is 12.4 Å². The van der Waals surface area contributed by atoms with Gasteiger partial charge in [0.2, 0.25) is 0 Å². The number of methoxy groups -OCH3 is 1. The molecule has 4 aromatic rings. The minimum Gasteiger partial charge on any atom is -0.465 e. The average molecular weight is 445 g/mol. The Bertz CT molecular complexity index is 1380. The van der Waals surface area contributed by atoms with E-state index in [0.29, 0.717) is 16.6 Å². The molecule has 0 bridgehead atoms. The zero-order chi connectivity index (χ0) is 23.5. The summed E-state index contributed by atoms with van der Waals surface area (Å²) in [6, 6.07) is 14.0. The number of benzene rings is 2. The topological polar surface area (TPSA) is 57.0 Å². The largest absolute Gasteiger partial charge is 0.465 e. The second kappa shape index (κ2) is 9.21. The first-order chi connectivity index (χ1) is 15.9. The van der Waals surface area contributed by atoms with Gasteiger partial charge < -0.3 is 4.74 Å². The number of carbonyl (C=O) groups is 1. The Morgan fingerprint density at radius 3 is 2.52 bits per heavy atom. The number of aromatic nitrogens is 3. The molecule has 2 aromatic carbocycles. The van der Waals surface area contributed by atoms with Crippen molar-refractivity contribution in [3.63, 3.8) is 0 Å². The summed E-state index contributed by atoms with van der Waals surface area (Å²) in [5.41, 5.74) is 3.99. The van der Waals surface area contributed by atoms with Crippen molar-refractivity contribution < 1.29 is 18.3 Å². The number of rotatable bonds is 5. The predicted octanol–water partition coefficient (Wildman–Crippen LogP) is 5.80. The van der Waals surface area contributed by atoms with E-state index in [1.165, 1.54) is 19.4 Å². The molecular formula is C26H21F2N3O2. The van der Waals surface area contributed by atoms with Crippen molar-refractivity contribution in [2.45, 2.75) is 26.3 Å². The van der Waals surface area contributed by atoms with Gasteiger partial charge in [-0.3, -0.25) is 9.67 Å². The summed E-state index contributed by atoms with van der Waals surface area (Å²) >= 11 is 0. The summed E-state index contributed by atoms with van der Waals surface area (Å²) in [4.78, 5) is 16.1.